The summed E-state index contributed by atoms with van der Waals surface area (Å²) in [4.78, 5) is 18.1. The van der Waals surface area contributed by atoms with Gasteiger partial charge in [0.05, 0.1) is 12.1 Å². The topological polar surface area (TPSA) is 47.0 Å². The number of hydrogen-bond donors (Lipinski definition) is 1. The number of nitrogens with zero attached hydrogens (tertiary/aromatic N) is 3. The van der Waals surface area contributed by atoms with Crippen molar-refractivity contribution in [2.45, 2.75) is 44.1 Å². The van der Waals surface area contributed by atoms with Crippen LogP contribution in [-0.4, -0.2) is 84.7 Å². The van der Waals surface area contributed by atoms with Crippen LogP contribution in [0, 0.1) is 0 Å². The molecule has 1 heterocycles. The molecule has 1 saturated carbocycles. The Hall–Kier alpha value is -0.650. The second-order valence-corrected chi connectivity index (χ2v) is 6.98. The molecule has 1 saturated heterocycles. The first-order valence-electron chi connectivity index (χ1n) is 8.36. The number of amides is 1. The largest absolute Gasteiger partial charge is 0.389 e. The second-order valence-electron chi connectivity index (χ2n) is 6.98. The molecule has 21 heavy (non-hydrogen) atoms. The molecular formula is C16H31N3O2. The van der Waals surface area contributed by atoms with Gasteiger partial charge in [0.1, 0.15) is 0 Å². The Morgan fingerprint density at radius 3 is 2.29 bits per heavy atom. The third-order valence-electron chi connectivity index (χ3n) is 4.84. The van der Waals surface area contributed by atoms with Crippen molar-refractivity contribution < 1.29 is 9.90 Å². The highest BCUT2D eigenvalue weighted by molar-refractivity contribution is 5.77. The molecule has 0 radical (unpaired) electrons. The van der Waals surface area contributed by atoms with Gasteiger partial charge in [0.15, 0.2) is 0 Å². The molecule has 0 atom stereocenters. The van der Waals surface area contributed by atoms with Gasteiger partial charge in [-0.25, -0.2) is 0 Å². The van der Waals surface area contributed by atoms with E-state index >= 15 is 0 Å². The summed E-state index contributed by atoms with van der Waals surface area (Å²) >= 11 is 0. The van der Waals surface area contributed by atoms with Crippen molar-refractivity contribution in [2.24, 2.45) is 0 Å². The number of carbonyl (C=O) groups is 1. The number of hydrogen-bond acceptors (Lipinski definition) is 4. The van der Waals surface area contributed by atoms with Gasteiger partial charge in [-0.1, -0.05) is 19.3 Å². The molecule has 2 aliphatic rings. The van der Waals surface area contributed by atoms with Crippen molar-refractivity contribution in [3.63, 3.8) is 0 Å². The van der Waals surface area contributed by atoms with Gasteiger partial charge in [-0.3, -0.25) is 14.6 Å². The van der Waals surface area contributed by atoms with E-state index in [1.165, 1.54) is 6.42 Å². The zero-order valence-corrected chi connectivity index (χ0v) is 13.7. The SMILES string of the molecule is CN(C)C(=O)CN1CCCN(CC2(O)CCCCC2)CC1. The lowest BCUT2D eigenvalue weighted by Crippen LogP contribution is -2.46. The maximum absolute atomic E-state index is 11.8. The molecule has 0 aromatic heterocycles. The number of carbonyl (C=O) groups excluding carboxylic acids is 1. The zero-order valence-electron chi connectivity index (χ0n) is 13.7. The van der Waals surface area contributed by atoms with Crippen LogP contribution in [0.15, 0.2) is 0 Å². The summed E-state index contributed by atoms with van der Waals surface area (Å²) in [7, 11) is 3.62. The predicted octanol–water partition coefficient (Wildman–Crippen LogP) is 0.778. The van der Waals surface area contributed by atoms with Gasteiger partial charge in [-0.2, -0.15) is 0 Å². The lowest BCUT2D eigenvalue weighted by molar-refractivity contribution is -0.129. The highest BCUT2D eigenvalue weighted by Crippen LogP contribution is 2.29. The lowest BCUT2D eigenvalue weighted by atomic mass is 9.84. The molecule has 2 rings (SSSR count). The van der Waals surface area contributed by atoms with E-state index in [1.807, 2.05) is 14.1 Å². The van der Waals surface area contributed by atoms with Gasteiger partial charge in [0, 0.05) is 33.7 Å². The highest BCUT2D eigenvalue weighted by Gasteiger charge is 2.31. The summed E-state index contributed by atoms with van der Waals surface area (Å²) in [5.74, 6) is 0.175. The van der Waals surface area contributed by atoms with Gasteiger partial charge < -0.3 is 10.0 Å². The van der Waals surface area contributed by atoms with Crippen molar-refractivity contribution in [3.8, 4) is 0 Å². The van der Waals surface area contributed by atoms with Crippen LogP contribution in [0.25, 0.3) is 0 Å². The summed E-state index contributed by atoms with van der Waals surface area (Å²) in [5.41, 5.74) is -0.465. The first-order valence-corrected chi connectivity index (χ1v) is 8.36. The standard InChI is InChI=1S/C16H31N3O2/c1-17(2)15(20)13-18-9-6-10-19(12-11-18)14-16(21)7-4-3-5-8-16/h21H,3-14H2,1-2H3. The van der Waals surface area contributed by atoms with Crippen LogP contribution in [0.2, 0.25) is 0 Å². The molecule has 1 N–H and O–H groups in total. The summed E-state index contributed by atoms with van der Waals surface area (Å²) in [6.07, 6.45) is 6.57. The van der Waals surface area contributed by atoms with E-state index in [4.69, 9.17) is 0 Å². The van der Waals surface area contributed by atoms with Crippen LogP contribution in [0.3, 0.4) is 0 Å². The maximum Gasteiger partial charge on any atom is 0.236 e. The van der Waals surface area contributed by atoms with E-state index in [0.717, 1.165) is 64.8 Å². The summed E-state index contributed by atoms with van der Waals surface area (Å²) in [6.45, 7) is 5.23. The molecule has 0 aromatic carbocycles. The molecule has 5 nitrogen and oxygen atoms in total. The van der Waals surface area contributed by atoms with Crippen LogP contribution in [0.4, 0.5) is 0 Å². The third kappa shape index (κ3) is 5.24. The molecule has 0 unspecified atom stereocenters. The van der Waals surface area contributed by atoms with Crippen LogP contribution >= 0.6 is 0 Å². The number of likely N-dealkylation sites (N-methyl/N-ethyl adjacent to an activating group) is 1. The smallest absolute Gasteiger partial charge is 0.236 e. The first kappa shape index (κ1) is 16.7. The Morgan fingerprint density at radius 1 is 1.00 bits per heavy atom. The van der Waals surface area contributed by atoms with E-state index in [9.17, 15) is 9.90 Å². The van der Waals surface area contributed by atoms with Crippen molar-refractivity contribution in [3.05, 3.63) is 0 Å². The number of rotatable bonds is 4. The van der Waals surface area contributed by atoms with Crippen molar-refractivity contribution in [1.82, 2.24) is 14.7 Å². The Kier molecular flexibility index (Phi) is 6.02. The van der Waals surface area contributed by atoms with Crippen LogP contribution in [0.5, 0.6) is 0 Å². The van der Waals surface area contributed by atoms with Gasteiger partial charge in [-0.15, -0.1) is 0 Å². The van der Waals surface area contributed by atoms with Crippen molar-refractivity contribution in [1.29, 1.82) is 0 Å². The molecule has 2 fully saturated rings. The molecule has 1 aliphatic carbocycles. The molecule has 0 bridgehead atoms. The van der Waals surface area contributed by atoms with E-state index in [0.29, 0.717) is 6.54 Å². The van der Waals surface area contributed by atoms with Gasteiger partial charge in [0.2, 0.25) is 5.91 Å². The van der Waals surface area contributed by atoms with Crippen LogP contribution in [-0.2, 0) is 4.79 Å². The Bertz CT molecular complexity index is 340. The molecule has 5 heteroatoms. The summed E-state index contributed by atoms with van der Waals surface area (Å²) < 4.78 is 0. The van der Waals surface area contributed by atoms with E-state index in [-0.39, 0.29) is 5.91 Å². The average molecular weight is 297 g/mol. The van der Waals surface area contributed by atoms with Crippen molar-refractivity contribution >= 4 is 5.91 Å². The minimum atomic E-state index is -0.465. The van der Waals surface area contributed by atoms with E-state index < -0.39 is 5.60 Å². The monoisotopic (exact) mass is 297 g/mol. The summed E-state index contributed by atoms with van der Waals surface area (Å²) in [6, 6.07) is 0. The van der Waals surface area contributed by atoms with Gasteiger partial charge in [-0.05, 0) is 32.4 Å². The lowest BCUT2D eigenvalue weighted by Gasteiger charge is -2.36. The van der Waals surface area contributed by atoms with Crippen LogP contribution < -0.4 is 0 Å². The fourth-order valence-electron chi connectivity index (χ4n) is 3.46. The first-order chi connectivity index (χ1) is 9.98. The Morgan fingerprint density at radius 2 is 1.62 bits per heavy atom. The molecule has 0 aromatic rings. The van der Waals surface area contributed by atoms with E-state index in [2.05, 4.69) is 9.80 Å². The zero-order chi connectivity index (χ0) is 15.3. The Balaban J connectivity index is 1.79. The normalized spacial score (nSPS) is 24.5. The minimum absolute atomic E-state index is 0.175. The predicted molar refractivity (Wildman–Crippen MR) is 84.2 cm³/mol. The maximum atomic E-state index is 11.8. The second kappa shape index (κ2) is 7.56. The molecular weight excluding hydrogens is 266 g/mol. The van der Waals surface area contributed by atoms with E-state index in [1.54, 1.807) is 4.90 Å². The number of β-amino-alcohol motifs (C(OH)–C–C–N with tert-alkyl or cyclic N) is 1. The van der Waals surface area contributed by atoms with Gasteiger partial charge in [0.25, 0.3) is 0 Å². The van der Waals surface area contributed by atoms with Crippen LogP contribution in [0.1, 0.15) is 38.5 Å². The van der Waals surface area contributed by atoms with Crippen molar-refractivity contribution in [2.75, 3.05) is 53.4 Å². The fourth-order valence-corrected chi connectivity index (χ4v) is 3.46. The molecule has 1 aliphatic heterocycles. The average Bonchev–Trinajstić information content (AvgIpc) is 2.64. The molecule has 1 amide bonds. The minimum Gasteiger partial charge on any atom is -0.389 e. The summed E-state index contributed by atoms with van der Waals surface area (Å²) in [5, 5.41) is 10.7. The quantitative estimate of drug-likeness (QED) is 0.833. The fraction of sp³-hybridized carbons (Fsp3) is 0.938. The third-order valence-corrected chi connectivity index (χ3v) is 4.84. The molecule has 122 valence electrons. The number of aliphatic hydroxyl groups is 1. The highest BCUT2D eigenvalue weighted by atomic mass is 16.3. The Labute approximate surface area is 128 Å². The molecule has 0 spiro atoms. The van der Waals surface area contributed by atoms with Gasteiger partial charge >= 0.3 is 0 Å².